The van der Waals surface area contributed by atoms with Crippen LogP contribution in [0, 0.1) is 5.92 Å². The van der Waals surface area contributed by atoms with Crippen LogP contribution in [0.3, 0.4) is 0 Å². The first kappa shape index (κ1) is 28.3. The van der Waals surface area contributed by atoms with Gasteiger partial charge < -0.3 is 18.9 Å². The van der Waals surface area contributed by atoms with Crippen LogP contribution >= 0.6 is 0 Å². The number of nitrogens with zero attached hydrogens (tertiary/aromatic N) is 3. The van der Waals surface area contributed by atoms with Crippen molar-refractivity contribution in [3.05, 3.63) is 0 Å². The van der Waals surface area contributed by atoms with Crippen LogP contribution in [0.4, 0.5) is 0 Å². The number of methoxy groups -OCH3 is 1. The van der Waals surface area contributed by atoms with Crippen molar-refractivity contribution < 1.29 is 28.5 Å². The summed E-state index contributed by atoms with van der Waals surface area (Å²) in [6, 6.07) is 0. The minimum absolute atomic E-state index is 0.0816. The highest BCUT2D eigenvalue weighted by molar-refractivity contribution is 5.79. The summed E-state index contributed by atoms with van der Waals surface area (Å²) in [7, 11) is 1.72. The van der Waals surface area contributed by atoms with Gasteiger partial charge in [0.25, 0.3) is 5.85 Å². The number of hydrogen-bond donors (Lipinski definition) is 0. The molecule has 202 valence electrons. The Hall–Kier alpha value is -1.26. The highest BCUT2D eigenvalue weighted by atomic mass is 16.6. The number of carbonyl (C=O) groups is 2. The fourth-order valence-electron chi connectivity index (χ4n) is 5.42. The van der Waals surface area contributed by atoms with Gasteiger partial charge in [0.2, 0.25) is 0 Å². The highest BCUT2D eigenvalue weighted by Crippen LogP contribution is 2.36. The predicted octanol–water partition coefficient (Wildman–Crippen LogP) is 2.48. The summed E-state index contributed by atoms with van der Waals surface area (Å²) in [5, 5.41) is 0. The summed E-state index contributed by atoms with van der Waals surface area (Å²) >= 11 is 0. The smallest absolute Gasteiger partial charge is 0.371 e. The van der Waals surface area contributed by atoms with Gasteiger partial charge in [-0.05, 0) is 66.2 Å². The lowest BCUT2D eigenvalue weighted by Gasteiger charge is -2.51. The Morgan fingerprint density at radius 3 is 2.03 bits per heavy atom. The maximum absolute atomic E-state index is 14.0. The van der Waals surface area contributed by atoms with Crippen LogP contribution in [-0.2, 0) is 28.5 Å². The van der Waals surface area contributed by atoms with Crippen molar-refractivity contribution in [3.63, 3.8) is 0 Å². The Bertz CT molecular complexity index is 677. The van der Waals surface area contributed by atoms with E-state index in [4.69, 9.17) is 18.9 Å². The fraction of sp³-hybridized carbons (Fsp3) is 0.923. The maximum atomic E-state index is 14.0. The van der Waals surface area contributed by atoms with Gasteiger partial charge in [-0.15, -0.1) is 0 Å². The van der Waals surface area contributed by atoms with Crippen molar-refractivity contribution in [3.8, 4) is 0 Å². The number of likely N-dealkylation sites (tertiary alicyclic amines) is 1. The molecule has 1 aliphatic carbocycles. The lowest BCUT2D eigenvalue weighted by Crippen LogP contribution is -2.71. The predicted molar refractivity (Wildman–Crippen MR) is 133 cm³/mol. The molecular formula is C26H47N3O6. The average Bonchev–Trinajstić information content (AvgIpc) is 3.36. The van der Waals surface area contributed by atoms with Crippen LogP contribution in [0.2, 0.25) is 0 Å². The van der Waals surface area contributed by atoms with Crippen molar-refractivity contribution >= 4 is 11.9 Å². The van der Waals surface area contributed by atoms with Gasteiger partial charge in [-0.1, -0.05) is 0 Å². The van der Waals surface area contributed by atoms with Crippen LogP contribution in [0.25, 0.3) is 0 Å². The van der Waals surface area contributed by atoms with Gasteiger partial charge in [0.15, 0.2) is 0 Å². The SMILES string of the molecule is CCOC(=O)[C@H]1CC[C@H](OC(C(=O)OC(C)(C)C)(N2CCCC2)N2CCN(CCOC)CC2)CC1. The van der Waals surface area contributed by atoms with Crippen molar-refractivity contribution in [1.82, 2.24) is 14.7 Å². The molecule has 0 bridgehead atoms. The van der Waals surface area contributed by atoms with E-state index in [1.165, 1.54) is 0 Å². The van der Waals surface area contributed by atoms with Crippen LogP contribution < -0.4 is 0 Å². The van der Waals surface area contributed by atoms with Crippen molar-refractivity contribution in [2.24, 2.45) is 5.92 Å². The molecule has 3 fully saturated rings. The Balaban J connectivity index is 1.81. The van der Waals surface area contributed by atoms with Gasteiger partial charge in [0.05, 0.1) is 25.2 Å². The Labute approximate surface area is 211 Å². The summed E-state index contributed by atoms with van der Waals surface area (Å²) in [6.45, 7) is 14.3. The molecule has 3 aliphatic rings. The molecule has 3 rings (SSSR count). The quantitative estimate of drug-likeness (QED) is 0.423. The van der Waals surface area contributed by atoms with Crippen molar-refractivity contribution in [2.45, 2.75) is 83.8 Å². The fourth-order valence-corrected chi connectivity index (χ4v) is 5.42. The van der Waals surface area contributed by atoms with Gasteiger partial charge in [0.1, 0.15) is 5.60 Å². The molecule has 0 N–H and O–H groups in total. The van der Waals surface area contributed by atoms with E-state index in [0.717, 1.165) is 84.3 Å². The third kappa shape index (κ3) is 7.38. The summed E-state index contributed by atoms with van der Waals surface area (Å²) in [5.74, 6) is -1.75. The molecule has 1 atom stereocenters. The minimum Gasteiger partial charge on any atom is -0.466 e. The molecule has 2 saturated heterocycles. The third-order valence-corrected chi connectivity index (χ3v) is 7.24. The largest absolute Gasteiger partial charge is 0.466 e. The van der Waals surface area contributed by atoms with E-state index in [2.05, 4.69) is 14.7 Å². The van der Waals surface area contributed by atoms with E-state index in [1.807, 2.05) is 27.7 Å². The number of hydrogen-bond acceptors (Lipinski definition) is 9. The number of piperazine rings is 1. The Morgan fingerprint density at radius 2 is 1.49 bits per heavy atom. The van der Waals surface area contributed by atoms with Gasteiger partial charge in [0, 0.05) is 52.9 Å². The van der Waals surface area contributed by atoms with Crippen LogP contribution in [0.15, 0.2) is 0 Å². The molecule has 1 unspecified atom stereocenters. The van der Waals surface area contributed by atoms with Gasteiger partial charge in [-0.25, -0.2) is 4.79 Å². The number of esters is 2. The van der Waals surface area contributed by atoms with Crippen LogP contribution in [0.5, 0.6) is 0 Å². The van der Waals surface area contributed by atoms with Crippen molar-refractivity contribution in [2.75, 3.05) is 66.1 Å². The normalized spacial score (nSPS) is 26.9. The molecule has 1 saturated carbocycles. The lowest BCUT2D eigenvalue weighted by molar-refractivity contribution is -0.281. The molecule has 0 aromatic heterocycles. The van der Waals surface area contributed by atoms with Crippen molar-refractivity contribution in [1.29, 1.82) is 0 Å². The zero-order valence-electron chi connectivity index (χ0n) is 22.6. The molecule has 0 aromatic rings. The zero-order valence-corrected chi connectivity index (χ0v) is 22.6. The van der Waals surface area contributed by atoms with Crippen LogP contribution in [0.1, 0.15) is 66.2 Å². The maximum Gasteiger partial charge on any atom is 0.371 e. The van der Waals surface area contributed by atoms with E-state index < -0.39 is 11.4 Å². The van der Waals surface area contributed by atoms with Gasteiger partial charge >= 0.3 is 11.9 Å². The number of carbonyl (C=O) groups excluding carboxylic acids is 2. The second-order valence-electron chi connectivity index (χ2n) is 11.0. The van der Waals surface area contributed by atoms with E-state index in [1.54, 1.807) is 7.11 Å². The summed E-state index contributed by atoms with van der Waals surface area (Å²) in [5.41, 5.74) is -0.618. The first-order chi connectivity index (χ1) is 16.7. The number of ether oxygens (including phenoxy) is 4. The van der Waals surface area contributed by atoms with E-state index in [-0.39, 0.29) is 24.0 Å². The topological polar surface area (TPSA) is 80.8 Å². The molecule has 0 spiro atoms. The van der Waals surface area contributed by atoms with Gasteiger partial charge in [-0.3, -0.25) is 19.5 Å². The molecule has 2 heterocycles. The van der Waals surface area contributed by atoms with E-state index in [9.17, 15) is 9.59 Å². The molecule has 9 heteroatoms. The first-order valence-corrected chi connectivity index (χ1v) is 13.5. The third-order valence-electron chi connectivity index (χ3n) is 7.24. The molecule has 9 nitrogen and oxygen atoms in total. The second-order valence-corrected chi connectivity index (χ2v) is 11.0. The average molecular weight is 498 g/mol. The highest BCUT2D eigenvalue weighted by Gasteiger charge is 2.55. The molecule has 0 amide bonds. The zero-order chi connectivity index (χ0) is 25.5. The monoisotopic (exact) mass is 497 g/mol. The van der Waals surface area contributed by atoms with Gasteiger partial charge in [-0.2, -0.15) is 0 Å². The molecule has 0 radical (unpaired) electrons. The van der Waals surface area contributed by atoms with E-state index >= 15 is 0 Å². The molecule has 2 aliphatic heterocycles. The number of rotatable bonds is 10. The Kier molecular flexibility index (Phi) is 10.4. The lowest BCUT2D eigenvalue weighted by atomic mass is 9.87. The molecule has 0 aromatic carbocycles. The minimum atomic E-state index is -1.24. The summed E-state index contributed by atoms with van der Waals surface area (Å²) in [4.78, 5) is 33.0. The second kappa shape index (κ2) is 12.8. The van der Waals surface area contributed by atoms with E-state index in [0.29, 0.717) is 13.2 Å². The first-order valence-electron chi connectivity index (χ1n) is 13.5. The molecule has 35 heavy (non-hydrogen) atoms. The molecular weight excluding hydrogens is 450 g/mol. The van der Waals surface area contributed by atoms with Crippen LogP contribution in [-0.4, -0.2) is 110 Å². The summed E-state index contributed by atoms with van der Waals surface area (Å²) in [6.07, 6.45) is 4.87. The Morgan fingerprint density at radius 1 is 0.886 bits per heavy atom. The summed E-state index contributed by atoms with van der Waals surface area (Å²) < 4.78 is 23.4. The standard InChI is InChI=1S/C26H47N3O6/c1-6-33-23(30)21-9-11-22(12-10-21)34-26(28-13-7-8-14-28,24(31)35-25(2,3)4)29-17-15-27(16-18-29)19-20-32-5/h21-22H,6-20H2,1-5H3/t21-,22-,26?.